The molecule has 0 aliphatic carbocycles. The third-order valence-electron chi connectivity index (χ3n) is 5.61. The van der Waals surface area contributed by atoms with Crippen LogP contribution in [0.15, 0.2) is 20.9 Å². The summed E-state index contributed by atoms with van der Waals surface area (Å²) in [6, 6.07) is 4.65. The number of guanidine groups is 1. The molecule has 1 fully saturated rings. The maximum Gasteiger partial charge on any atom is 0.414 e. The minimum absolute atomic E-state index is 0.0916. The molecule has 1 saturated heterocycles. The summed E-state index contributed by atoms with van der Waals surface area (Å²) in [6.07, 6.45) is -1.15. The molecule has 0 spiro atoms. The van der Waals surface area contributed by atoms with Crippen molar-refractivity contribution < 1.29 is 23.9 Å². The Bertz CT molecular complexity index is 1000. The summed E-state index contributed by atoms with van der Waals surface area (Å²) in [5, 5.41) is 2.62. The quantitative estimate of drug-likeness (QED) is 0.536. The molecular formula is C22H33BrN4O5SSi. The summed E-state index contributed by atoms with van der Waals surface area (Å²) >= 11 is 4.94. The molecule has 2 aliphatic heterocycles. The molecule has 1 aromatic heterocycles. The number of halogens is 1. The Morgan fingerprint density at radius 1 is 1.32 bits per heavy atom. The van der Waals surface area contributed by atoms with Gasteiger partial charge >= 0.3 is 12.2 Å². The highest BCUT2D eigenvalue weighted by Crippen LogP contribution is 2.47. The van der Waals surface area contributed by atoms with E-state index in [1.807, 2.05) is 12.1 Å². The zero-order valence-electron chi connectivity index (χ0n) is 20.7. The van der Waals surface area contributed by atoms with Gasteiger partial charge < -0.3 is 14.4 Å². The van der Waals surface area contributed by atoms with E-state index in [9.17, 15) is 14.4 Å². The van der Waals surface area contributed by atoms with Gasteiger partial charge in [0.05, 0.1) is 22.9 Å². The van der Waals surface area contributed by atoms with E-state index in [-0.39, 0.29) is 25.0 Å². The van der Waals surface area contributed by atoms with Crippen LogP contribution in [0.5, 0.6) is 0 Å². The molecular weight excluding hydrogens is 540 g/mol. The van der Waals surface area contributed by atoms with E-state index in [1.165, 1.54) is 16.2 Å². The fraction of sp³-hybridized carbons (Fsp3) is 0.636. The van der Waals surface area contributed by atoms with E-state index in [0.29, 0.717) is 6.61 Å². The Kier molecular flexibility index (Phi) is 7.54. The fourth-order valence-corrected chi connectivity index (χ4v) is 6.15. The predicted octanol–water partition coefficient (Wildman–Crippen LogP) is 4.47. The number of carbonyl (C=O) groups excluding carboxylic acids is 3. The summed E-state index contributed by atoms with van der Waals surface area (Å²) < 4.78 is 11.8. The van der Waals surface area contributed by atoms with Gasteiger partial charge in [-0.1, -0.05) is 19.6 Å². The Morgan fingerprint density at radius 2 is 2.00 bits per heavy atom. The minimum atomic E-state index is -1.36. The largest absolute Gasteiger partial charge is 0.450 e. The molecule has 2 aliphatic rings. The zero-order valence-corrected chi connectivity index (χ0v) is 24.1. The van der Waals surface area contributed by atoms with Crippen molar-refractivity contribution in [3.8, 4) is 0 Å². The maximum atomic E-state index is 13.5. The number of alkyl carbamates (subject to hydrolysis) is 1. The second kappa shape index (κ2) is 9.61. The number of fused-ring (bicyclic) bond motifs is 1. The molecule has 0 unspecified atom stereocenters. The predicted molar refractivity (Wildman–Crippen MR) is 138 cm³/mol. The first-order valence-corrected chi connectivity index (χ1v) is 16.5. The van der Waals surface area contributed by atoms with Gasteiger partial charge in [0.2, 0.25) is 11.9 Å². The lowest BCUT2D eigenvalue weighted by atomic mass is 9.84. The average molecular weight is 574 g/mol. The van der Waals surface area contributed by atoms with Gasteiger partial charge in [-0.25, -0.2) is 14.6 Å². The summed E-state index contributed by atoms with van der Waals surface area (Å²) in [6.45, 7) is 12.7. The SMILES string of the molecule is CN1C(=O)[C@@H]2CN(C(=O)OCC[Si](C)(C)C)C[C@]2(c2ccc(Br)s2)N=C1NC(=O)OC(C)(C)C. The van der Waals surface area contributed by atoms with Gasteiger partial charge in [0, 0.05) is 26.5 Å². The van der Waals surface area contributed by atoms with Crippen molar-refractivity contribution in [2.24, 2.45) is 10.9 Å². The second-order valence-corrected chi connectivity index (χ2v) is 18.9. The summed E-state index contributed by atoms with van der Waals surface area (Å²) in [4.78, 5) is 47.4. The molecule has 0 radical (unpaired) electrons. The van der Waals surface area contributed by atoms with Crippen molar-refractivity contribution in [2.75, 3.05) is 26.7 Å². The fourth-order valence-electron chi connectivity index (χ4n) is 3.87. The molecule has 0 saturated carbocycles. The third-order valence-corrected chi connectivity index (χ3v) is 9.11. The van der Waals surface area contributed by atoms with Crippen LogP contribution in [0.1, 0.15) is 25.6 Å². The lowest BCUT2D eigenvalue weighted by Gasteiger charge is -2.37. The molecule has 3 rings (SSSR count). The molecule has 2 atom stereocenters. The molecule has 3 heterocycles. The van der Waals surface area contributed by atoms with E-state index in [1.54, 1.807) is 32.7 Å². The number of aliphatic imine (C=N–C) groups is 1. The second-order valence-electron chi connectivity index (χ2n) is 10.8. The standard InChI is InChI=1S/C22H33BrN4O5SSi/c1-21(2,3)32-19(29)24-18-25-22(15-8-9-16(23)33-15)13-27(12-14(22)17(28)26(18)4)20(30)31-10-11-34(5,6)7/h8-9,14H,10-13H2,1-7H3,(H,24,25,29)/t14-,22-/m0/s1. The van der Waals surface area contributed by atoms with Crippen LogP contribution in [0, 0.1) is 5.92 Å². The van der Waals surface area contributed by atoms with E-state index in [2.05, 4.69) is 40.9 Å². The van der Waals surface area contributed by atoms with Gasteiger partial charge in [0.1, 0.15) is 11.1 Å². The van der Waals surface area contributed by atoms with Crippen LogP contribution in [0.4, 0.5) is 9.59 Å². The highest BCUT2D eigenvalue weighted by Gasteiger charge is 2.58. The number of nitrogens with one attached hydrogen (secondary N) is 1. The average Bonchev–Trinajstić information content (AvgIpc) is 3.28. The lowest BCUT2D eigenvalue weighted by Crippen LogP contribution is -2.56. The number of thiophene rings is 1. The molecule has 0 aromatic carbocycles. The van der Waals surface area contributed by atoms with Crippen molar-refractivity contribution in [3.05, 3.63) is 20.8 Å². The number of hydrogen-bond donors (Lipinski definition) is 1. The van der Waals surface area contributed by atoms with Crippen LogP contribution in [-0.2, 0) is 19.8 Å². The number of ether oxygens (including phenoxy) is 2. The number of amides is 3. The summed E-state index contributed by atoms with van der Waals surface area (Å²) in [5.74, 6) is -0.742. The van der Waals surface area contributed by atoms with E-state index in [4.69, 9.17) is 14.5 Å². The Morgan fingerprint density at radius 3 is 2.56 bits per heavy atom. The van der Waals surface area contributed by atoms with Crippen LogP contribution in [-0.4, -0.2) is 74.3 Å². The molecule has 34 heavy (non-hydrogen) atoms. The van der Waals surface area contributed by atoms with Crippen molar-refractivity contribution in [1.29, 1.82) is 0 Å². The van der Waals surface area contributed by atoms with Crippen molar-refractivity contribution in [2.45, 2.75) is 57.6 Å². The van der Waals surface area contributed by atoms with Crippen LogP contribution in [0.25, 0.3) is 0 Å². The zero-order chi connectivity index (χ0) is 25.5. The molecule has 1 N–H and O–H groups in total. The molecule has 3 amide bonds. The van der Waals surface area contributed by atoms with Crippen molar-refractivity contribution in [3.63, 3.8) is 0 Å². The lowest BCUT2D eigenvalue weighted by molar-refractivity contribution is -0.132. The third kappa shape index (κ3) is 6.00. The van der Waals surface area contributed by atoms with E-state index < -0.39 is 37.3 Å². The van der Waals surface area contributed by atoms with Crippen molar-refractivity contribution >= 4 is 59.4 Å². The van der Waals surface area contributed by atoms with Crippen LogP contribution in [0.2, 0.25) is 25.7 Å². The van der Waals surface area contributed by atoms with Crippen LogP contribution < -0.4 is 5.32 Å². The molecule has 1 aromatic rings. The number of rotatable bonds is 4. The highest BCUT2D eigenvalue weighted by molar-refractivity contribution is 9.11. The number of likely N-dealkylation sites (tertiary alicyclic amines) is 1. The van der Waals surface area contributed by atoms with Gasteiger partial charge in [-0.05, 0) is 54.9 Å². The molecule has 12 heteroatoms. The Hall–Kier alpha value is -1.92. The van der Waals surface area contributed by atoms with Crippen molar-refractivity contribution in [1.82, 2.24) is 15.1 Å². The number of hydrogen-bond acceptors (Lipinski definition) is 7. The monoisotopic (exact) mass is 572 g/mol. The first-order valence-electron chi connectivity index (χ1n) is 11.2. The van der Waals surface area contributed by atoms with Crippen LogP contribution in [0.3, 0.4) is 0 Å². The summed E-state index contributed by atoms with van der Waals surface area (Å²) in [7, 11) is 0.202. The first-order chi connectivity index (χ1) is 15.6. The number of carbonyl (C=O) groups is 3. The van der Waals surface area contributed by atoms with Gasteiger partial charge in [-0.2, -0.15) is 0 Å². The van der Waals surface area contributed by atoms with E-state index >= 15 is 0 Å². The molecule has 0 bridgehead atoms. The number of nitrogens with zero attached hydrogens (tertiary/aromatic N) is 3. The maximum absolute atomic E-state index is 13.5. The Balaban J connectivity index is 1.91. The van der Waals surface area contributed by atoms with E-state index in [0.717, 1.165) is 14.7 Å². The topological polar surface area (TPSA) is 101 Å². The van der Waals surface area contributed by atoms with Gasteiger partial charge in [-0.15, -0.1) is 11.3 Å². The smallest absolute Gasteiger partial charge is 0.414 e. The molecule has 9 nitrogen and oxygen atoms in total. The van der Waals surface area contributed by atoms with Gasteiger partial charge in [0.15, 0.2) is 0 Å². The van der Waals surface area contributed by atoms with Crippen LogP contribution >= 0.6 is 27.3 Å². The summed E-state index contributed by atoms with van der Waals surface area (Å²) in [5.41, 5.74) is -1.73. The van der Waals surface area contributed by atoms with Gasteiger partial charge in [0.25, 0.3) is 0 Å². The molecule has 188 valence electrons. The van der Waals surface area contributed by atoms with Gasteiger partial charge in [-0.3, -0.25) is 15.0 Å². The highest BCUT2D eigenvalue weighted by atomic mass is 79.9. The first kappa shape index (κ1) is 26.7. The Labute approximate surface area is 214 Å². The normalized spacial score (nSPS) is 22.9. The minimum Gasteiger partial charge on any atom is -0.450 e.